The van der Waals surface area contributed by atoms with Gasteiger partial charge in [-0.05, 0) is 24.6 Å². The van der Waals surface area contributed by atoms with Crippen LogP contribution in [0.2, 0.25) is 0 Å². The molecule has 7 heteroatoms. The van der Waals surface area contributed by atoms with E-state index in [0.717, 1.165) is 11.1 Å². The number of hydrogen-bond acceptors (Lipinski definition) is 6. The lowest BCUT2D eigenvalue weighted by atomic mass is 10.2. The fraction of sp³-hybridized carbons (Fsp3) is 0.158. The summed E-state index contributed by atoms with van der Waals surface area (Å²) in [6.07, 6.45) is 2.16. The molecule has 0 aliphatic rings. The van der Waals surface area contributed by atoms with Crippen LogP contribution in [0.5, 0.6) is 0 Å². The molecule has 0 spiro atoms. The molecule has 5 nitrogen and oxygen atoms in total. The number of aryl methyl sites for hydroxylation is 1. The van der Waals surface area contributed by atoms with Crippen molar-refractivity contribution in [3.63, 3.8) is 0 Å². The maximum absolute atomic E-state index is 12.2. The zero-order valence-electron chi connectivity index (χ0n) is 14.2. The molecular formula is C19H18N2O3S2. The third kappa shape index (κ3) is 5.06. The molecule has 0 aliphatic carbocycles. The molecule has 134 valence electrons. The highest BCUT2D eigenvalue weighted by Gasteiger charge is 2.10. The monoisotopic (exact) mass is 386 g/mol. The Morgan fingerprint density at radius 2 is 1.77 bits per heavy atom. The van der Waals surface area contributed by atoms with Gasteiger partial charge in [0.2, 0.25) is 5.89 Å². The highest BCUT2D eigenvalue weighted by Crippen LogP contribution is 2.19. The van der Waals surface area contributed by atoms with Gasteiger partial charge in [0.15, 0.2) is 9.84 Å². The summed E-state index contributed by atoms with van der Waals surface area (Å²) < 4.78 is 30.0. The normalized spacial score (nSPS) is 11.9. The summed E-state index contributed by atoms with van der Waals surface area (Å²) in [5.74, 6) is 0.966. The van der Waals surface area contributed by atoms with E-state index < -0.39 is 9.84 Å². The zero-order valence-corrected chi connectivity index (χ0v) is 15.8. The molecule has 0 N–H and O–H groups in total. The first kappa shape index (κ1) is 18.4. The molecular weight excluding hydrogens is 368 g/mol. The van der Waals surface area contributed by atoms with Gasteiger partial charge < -0.3 is 4.42 Å². The summed E-state index contributed by atoms with van der Waals surface area (Å²) in [6.45, 7) is 1.92. The summed E-state index contributed by atoms with van der Waals surface area (Å²) in [7, 11) is -3.43. The third-order valence-electron chi connectivity index (χ3n) is 3.57. The second-order valence-corrected chi connectivity index (χ2v) is 8.47. The Morgan fingerprint density at radius 3 is 2.50 bits per heavy atom. The summed E-state index contributed by atoms with van der Waals surface area (Å²) in [4.78, 5) is 0.285. The van der Waals surface area contributed by atoms with E-state index in [-0.39, 0.29) is 4.90 Å². The van der Waals surface area contributed by atoms with Gasteiger partial charge >= 0.3 is 0 Å². The van der Waals surface area contributed by atoms with Crippen molar-refractivity contribution < 1.29 is 12.8 Å². The average Bonchev–Trinajstić information content (AvgIpc) is 3.07. The lowest BCUT2D eigenvalue weighted by Gasteiger charge is -1.99. The van der Waals surface area contributed by atoms with Crippen molar-refractivity contribution in [2.24, 2.45) is 0 Å². The smallest absolute Gasteiger partial charge is 0.276 e. The van der Waals surface area contributed by atoms with E-state index in [4.69, 9.17) is 4.42 Å². The van der Waals surface area contributed by atoms with Crippen LogP contribution in [0, 0.1) is 6.92 Å². The first-order valence-corrected chi connectivity index (χ1v) is 10.5. The first-order valence-electron chi connectivity index (χ1n) is 8.00. The second-order valence-electron chi connectivity index (χ2n) is 5.66. The highest BCUT2D eigenvalue weighted by atomic mass is 32.2. The molecule has 0 radical (unpaired) electrons. The number of thioether (sulfide) groups is 1. The van der Waals surface area contributed by atoms with Crippen molar-refractivity contribution in [2.45, 2.75) is 23.5 Å². The molecule has 0 amide bonds. The van der Waals surface area contributed by atoms with Crippen molar-refractivity contribution in [2.75, 3.05) is 5.75 Å². The van der Waals surface area contributed by atoms with Crippen molar-refractivity contribution in [3.8, 4) is 0 Å². The van der Waals surface area contributed by atoms with Gasteiger partial charge in [0.05, 0.1) is 11.3 Å². The minimum atomic E-state index is -3.43. The molecule has 0 saturated heterocycles. The number of benzene rings is 2. The molecule has 1 heterocycles. The standard InChI is InChI=1S/C19H18N2O3S2/c1-15-8-10-17(11-9-15)26(22,23)13-5-12-25-19-21-20-18(24-19)14-16-6-3-2-4-7-16/h2-11,13H,12,14H2,1H3. The number of nitrogens with zero attached hydrogens (tertiary/aromatic N) is 2. The van der Waals surface area contributed by atoms with Crippen LogP contribution in [0.15, 0.2) is 80.6 Å². The number of aromatic nitrogens is 2. The quantitative estimate of drug-likeness (QED) is 0.571. The van der Waals surface area contributed by atoms with Crippen LogP contribution in [-0.2, 0) is 16.3 Å². The first-order chi connectivity index (χ1) is 12.5. The second kappa shape index (κ2) is 8.33. The minimum Gasteiger partial charge on any atom is -0.416 e. The maximum atomic E-state index is 12.2. The number of sulfone groups is 1. The molecule has 1 aromatic heterocycles. The molecule has 0 bridgehead atoms. The van der Waals surface area contributed by atoms with Crippen LogP contribution in [0.1, 0.15) is 17.0 Å². The van der Waals surface area contributed by atoms with Crippen molar-refractivity contribution >= 4 is 21.6 Å². The molecule has 0 saturated carbocycles. The van der Waals surface area contributed by atoms with Gasteiger partial charge in [0, 0.05) is 11.2 Å². The Morgan fingerprint density at radius 1 is 1.04 bits per heavy atom. The molecule has 0 fully saturated rings. The van der Waals surface area contributed by atoms with E-state index in [2.05, 4.69) is 10.2 Å². The van der Waals surface area contributed by atoms with Crippen LogP contribution in [0.4, 0.5) is 0 Å². The van der Waals surface area contributed by atoms with Crippen LogP contribution in [0.3, 0.4) is 0 Å². The van der Waals surface area contributed by atoms with Gasteiger partial charge in [-0.2, -0.15) is 0 Å². The fourth-order valence-electron chi connectivity index (χ4n) is 2.23. The topological polar surface area (TPSA) is 73.1 Å². The SMILES string of the molecule is Cc1ccc(S(=O)(=O)C=CCSc2nnc(Cc3ccccc3)o2)cc1. The molecule has 26 heavy (non-hydrogen) atoms. The van der Waals surface area contributed by atoms with Crippen molar-refractivity contribution in [3.05, 3.63) is 83.1 Å². The number of hydrogen-bond donors (Lipinski definition) is 0. The Kier molecular flexibility index (Phi) is 5.90. The van der Waals surface area contributed by atoms with Crippen LogP contribution in [0.25, 0.3) is 0 Å². The van der Waals surface area contributed by atoms with Crippen LogP contribution >= 0.6 is 11.8 Å². The van der Waals surface area contributed by atoms with Crippen molar-refractivity contribution in [1.29, 1.82) is 0 Å². The molecule has 0 aliphatic heterocycles. The Labute approximate surface area is 157 Å². The van der Waals surface area contributed by atoms with E-state index >= 15 is 0 Å². The summed E-state index contributed by atoms with van der Waals surface area (Å²) in [5, 5.41) is 9.63. The lowest BCUT2D eigenvalue weighted by molar-refractivity contribution is 0.420. The molecule has 0 unspecified atom stereocenters. The van der Waals surface area contributed by atoms with E-state index in [1.165, 1.54) is 17.2 Å². The molecule has 3 aromatic rings. The van der Waals surface area contributed by atoms with Gasteiger partial charge in [0.25, 0.3) is 5.22 Å². The lowest BCUT2D eigenvalue weighted by Crippen LogP contribution is -1.96. The Balaban J connectivity index is 1.55. The average molecular weight is 386 g/mol. The molecule has 0 atom stereocenters. The number of rotatable bonds is 7. The van der Waals surface area contributed by atoms with E-state index in [9.17, 15) is 8.42 Å². The minimum absolute atomic E-state index is 0.285. The van der Waals surface area contributed by atoms with Gasteiger partial charge in [-0.25, -0.2) is 8.42 Å². The summed E-state index contributed by atoms with van der Waals surface area (Å²) >= 11 is 1.30. The fourth-order valence-corrected chi connectivity index (χ4v) is 3.96. The van der Waals surface area contributed by atoms with Gasteiger partial charge in [-0.1, -0.05) is 65.9 Å². The van der Waals surface area contributed by atoms with Gasteiger partial charge in [0.1, 0.15) is 0 Å². The van der Waals surface area contributed by atoms with Gasteiger partial charge in [-0.3, -0.25) is 0 Å². The Bertz CT molecular complexity index is 979. The van der Waals surface area contributed by atoms with Gasteiger partial charge in [-0.15, -0.1) is 10.2 Å². The Hall–Kier alpha value is -2.38. The maximum Gasteiger partial charge on any atom is 0.276 e. The van der Waals surface area contributed by atoms with Crippen LogP contribution in [-0.4, -0.2) is 24.4 Å². The third-order valence-corrected chi connectivity index (χ3v) is 5.83. The van der Waals surface area contributed by atoms with Crippen molar-refractivity contribution in [1.82, 2.24) is 10.2 Å². The van der Waals surface area contributed by atoms with E-state index in [1.54, 1.807) is 30.3 Å². The highest BCUT2D eigenvalue weighted by molar-refractivity contribution is 7.99. The largest absolute Gasteiger partial charge is 0.416 e. The summed E-state index contributed by atoms with van der Waals surface area (Å²) in [6, 6.07) is 16.6. The predicted molar refractivity (Wildman–Crippen MR) is 102 cm³/mol. The van der Waals surface area contributed by atoms with E-state index in [1.807, 2.05) is 37.3 Å². The molecule has 2 aromatic carbocycles. The van der Waals surface area contributed by atoms with E-state index in [0.29, 0.717) is 23.3 Å². The molecule has 3 rings (SSSR count). The predicted octanol–water partition coefficient (Wildman–Crippen LogP) is 4.05. The zero-order chi connectivity index (χ0) is 18.4. The summed E-state index contributed by atoms with van der Waals surface area (Å²) in [5.41, 5.74) is 2.11. The van der Waals surface area contributed by atoms with Crippen LogP contribution < -0.4 is 0 Å².